The number of ether oxygens (including phenoxy) is 1. The molecule has 1 aromatic heterocycles. The molecule has 0 aliphatic carbocycles. The summed E-state index contributed by atoms with van der Waals surface area (Å²) in [5.41, 5.74) is 0.607. The average molecular weight is 343 g/mol. The Bertz CT molecular complexity index is 807. The van der Waals surface area contributed by atoms with Crippen molar-refractivity contribution in [3.05, 3.63) is 40.8 Å². The van der Waals surface area contributed by atoms with Gasteiger partial charge in [0.15, 0.2) is 0 Å². The summed E-state index contributed by atoms with van der Waals surface area (Å²) in [6, 6.07) is 7.07. The molecule has 1 aliphatic rings. The first-order valence-corrected chi connectivity index (χ1v) is 8.83. The van der Waals surface area contributed by atoms with Gasteiger partial charge in [0.25, 0.3) is 5.56 Å². The van der Waals surface area contributed by atoms with Crippen LogP contribution in [-0.2, 0) is 11.3 Å². The molecule has 2 amide bonds. The lowest BCUT2D eigenvalue weighted by Gasteiger charge is -2.16. The lowest BCUT2D eigenvalue weighted by molar-refractivity contribution is 0.112. The zero-order valence-corrected chi connectivity index (χ0v) is 14.7. The van der Waals surface area contributed by atoms with Crippen LogP contribution >= 0.6 is 0 Å². The number of aromatic nitrogens is 1. The minimum atomic E-state index is -0.282. The molecule has 1 atom stereocenters. The largest absolute Gasteiger partial charge is 0.376 e. The molecule has 6 heteroatoms. The van der Waals surface area contributed by atoms with E-state index in [1.807, 2.05) is 18.2 Å². The van der Waals surface area contributed by atoms with Crippen LogP contribution < -0.4 is 16.2 Å². The van der Waals surface area contributed by atoms with E-state index in [2.05, 4.69) is 24.5 Å². The Hall–Kier alpha value is -2.34. The quantitative estimate of drug-likeness (QED) is 0.877. The van der Waals surface area contributed by atoms with Gasteiger partial charge < -0.3 is 19.9 Å². The van der Waals surface area contributed by atoms with Crippen molar-refractivity contribution in [3.8, 4) is 0 Å². The molecule has 1 saturated heterocycles. The molecule has 1 aliphatic heterocycles. The highest BCUT2D eigenvalue weighted by Gasteiger charge is 2.17. The van der Waals surface area contributed by atoms with Gasteiger partial charge in [0.2, 0.25) is 0 Å². The fraction of sp³-hybridized carbons (Fsp3) is 0.474. The van der Waals surface area contributed by atoms with E-state index in [1.54, 1.807) is 16.8 Å². The minimum absolute atomic E-state index is 0.0328. The number of pyridine rings is 1. The number of carbonyl (C=O) groups is 1. The zero-order valence-electron chi connectivity index (χ0n) is 14.7. The molecule has 25 heavy (non-hydrogen) atoms. The van der Waals surface area contributed by atoms with Gasteiger partial charge in [0.1, 0.15) is 0 Å². The first-order chi connectivity index (χ1) is 12.0. The highest BCUT2D eigenvalue weighted by molar-refractivity contribution is 6.00. The highest BCUT2D eigenvalue weighted by atomic mass is 16.5. The maximum absolute atomic E-state index is 12.6. The zero-order chi connectivity index (χ0) is 17.8. The Kier molecular flexibility index (Phi) is 5.38. The fourth-order valence-electron chi connectivity index (χ4n) is 3.15. The molecule has 1 aromatic carbocycles. The lowest BCUT2D eigenvalue weighted by Crippen LogP contribution is -2.35. The minimum Gasteiger partial charge on any atom is -0.376 e. The van der Waals surface area contributed by atoms with Crippen molar-refractivity contribution in [2.45, 2.75) is 39.3 Å². The Morgan fingerprint density at radius 3 is 2.76 bits per heavy atom. The summed E-state index contributed by atoms with van der Waals surface area (Å²) >= 11 is 0. The molecule has 0 radical (unpaired) electrons. The number of nitrogens with zero attached hydrogens (tertiary/aromatic N) is 1. The molecule has 0 saturated carbocycles. The van der Waals surface area contributed by atoms with Gasteiger partial charge in [-0.3, -0.25) is 4.79 Å². The van der Waals surface area contributed by atoms with Crippen LogP contribution in [-0.4, -0.2) is 29.9 Å². The van der Waals surface area contributed by atoms with E-state index in [9.17, 15) is 9.59 Å². The van der Waals surface area contributed by atoms with E-state index < -0.39 is 0 Å². The third-order valence-corrected chi connectivity index (χ3v) is 4.32. The van der Waals surface area contributed by atoms with Crippen LogP contribution in [0.15, 0.2) is 35.3 Å². The van der Waals surface area contributed by atoms with Gasteiger partial charge in [0.05, 0.1) is 11.8 Å². The Labute approximate surface area is 147 Å². The smallest absolute Gasteiger partial charge is 0.319 e. The van der Waals surface area contributed by atoms with E-state index in [-0.39, 0.29) is 17.7 Å². The van der Waals surface area contributed by atoms with Crippen LogP contribution in [0.2, 0.25) is 0 Å². The summed E-state index contributed by atoms with van der Waals surface area (Å²) in [6.07, 6.45) is 3.84. The fourth-order valence-corrected chi connectivity index (χ4v) is 3.15. The summed E-state index contributed by atoms with van der Waals surface area (Å²) in [6.45, 7) is 5.98. The average Bonchev–Trinajstić information content (AvgIpc) is 3.10. The van der Waals surface area contributed by atoms with Crippen LogP contribution in [0.4, 0.5) is 10.5 Å². The second-order valence-corrected chi connectivity index (χ2v) is 6.91. The van der Waals surface area contributed by atoms with Crippen LogP contribution in [0.5, 0.6) is 0 Å². The van der Waals surface area contributed by atoms with E-state index in [0.29, 0.717) is 30.1 Å². The summed E-state index contributed by atoms with van der Waals surface area (Å²) in [4.78, 5) is 24.9. The molecule has 2 heterocycles. The van der Waals surface area contributed by atoms with Crippen molar-refractivity contribution in [1.82, 2.24) is 9.88 Å². The summed E-state index contributed by atoms with van der Waals surface area (Å²) in [7, 11) is 0. The van der Waals surface area contributed by atoms with E-state index >= 15 is 0 Å². The first kappa shape index (κ1) is 17.5. The van der Waals surface area contributed by atoms with Gasteiger partial charge in [-0.1, -0.05) is 32.0 Å². The molecule has 3 rings (SSSR count). The first-order valence-electron chi connectivity index (χ1n) is 8.83. The second kappa shape index (κ2) is 7.70. The number of anilines is 1. The molecular weight excluding hydrogens is 318 g/mol. The molecule has 2 aromatic rings. The molecule has 134 valence electrons. The Morgan fingerprint density at radius 1 is 1.32 bits per heavy atom. The number of rotatable bonds is 5. The lowest BCUT2D eigenvalue weighted by atomic mass is 10.1. The summed E-state index contributed by atoms with van der Waals surface area (Å²) < 4.78 is 7.18. The van der Waals surface area contributed by atoms with E-state index in [1.165, 1.54) is 0 Å². The second-order valence-electron chi connectivity index (χ2n) is 6.91. The van der Waals surface area contributed by atoms with Gasteiger partial charge in [-0.15, -0.1) is 0 Å². The van der Waals surface area contributed by atoms with Gasteiger partial charge in [-0.2, -0.15) is 0 Å². The Morgan fingerprint density at radius 2 is 2.08 bits per heavy atom. The van der Waals surface area contributed by atoms with Gasteiger partial charge in [-0.25, -0.2) is 4.79 Å². The van der Waals surface area contributed by atoms with Crippen molar-refractivity contribution >= 4 is 22.5 Å². The van der Waals surface area contributed by atoms with E-state index in [4.69, 9.17) is 4.74 Å². The number of amides is 2. The number of benzene rings is 1. The van der Waals surface area contributed by atoms with E-state index in [0.717, 1.165) is 24.8 Å². The van der Waals surface area contributed by atoms with Gasteiger partial charge in [0, 0.05) is 36.7 Å². The Balaban J connectivity index is 1.82. The van der Waals surface area contributed by atoms with Crippen LogP contribution in [0, 0.1) is 5.92 Å². The topological polar surface area (TPSA) is 72.4 Å². The molecular formula is C19H25N3O3. The van der Waals surface area contributed by atoms with Crippen molar-refractivity contribution in [2.24, 2.45) is 5.92 Å². The number of carbonyl (C=O) groups excluding carboxylic acids is 1. The van der Waals surface area contributed by atoms with Gasteiger partial charge >= 0.3 is 6.03 Å². The third kappa shape index (κ3) is 4.20. The molecule has 0 spiro atoms. The van der Waals surface area contributed by atoms with Crippen molar-refractivity contribution in [1.29, 1.82) is 0 Å². The van der Waals surface area contributed by atoms with Crippen molar-refractivity contribution in [2.75, 3.05) is 18.5 Å². The highest BCUT2D eigenvalue weighted by Crippen LogP contribution is 2.21. The molecule has 2 N–H and O–H groups in total. The normalized spacial score (nSPS) is 17.2. The predicted molar refractivity (Wildman–Crippen MR) is 99.0 cm³/mol. The standard InChI is InChI=1S/C19H25N3O3/c1-13(2)11-22-12-17(15-7-3-4-8-16(15)18(22)23)21-19(24)20-10-14-6-5-9-25-14/h3-4,7-8,12-14H,5-6,9-11H2,1-2H3,(H2,20,21,24)/t14-/m0/s1. The predicted octanol–water partition coefficient (Wildman–Crippen LogP) is 2.96. The maximum atomic E-state index is 12.6. The molecule has 6 nitrogen and oxygen atoms in total. The van der Waals surface area contributed by atoms with Gasteiger partial charge in [-0.05, 0) is 24.8 Å². The number of hydrogen-bond donors (Lipinski definition) is 2. The molecule has 0 unspecified atom stereocenters. The number of urea groups is 1. The van der Waals surface area contributed by atoms with Crippen LogP contribution in [0.25, 0.3) is 10.8 Å². The maximum Gasteiger partial charge on any atom is 0.319 e. The number of fused-ring (bicyclic) bond motifs is 1. The molecule has 1 fully saturated rings. The van der Waals surface area contributed by atoms with Crippen molar-refractivity contribution in [3.63, 3.8) is 0 Å². The third-order valence-electron chi connectivity index (χ3n) is 4.32. The summed E-state index contributed by atoms with van der Waals surface area (Å²) in [5.74, 6) is 0.333. The van der Waals surface area contributed by atoms with Crippen LogP contribution in [0.3, 0.4) is 0 Å². The monoisotopic (exact) mass is 343 g/mol. The number of hydrogen-bond acceptors (Lipinski definition) is 3. The van der Waals surface area contributed by atoms with Crippen molar-refractivity contribution < 1.29 is 9.53 Å². The summed E-state index contributed by atoms with van der Waals surface area (Å²) in [5, 5.41) is 7.10. The SMILES string of the molecule is CC(C)Cn1cc(NC(=O)NC[C@@H]2CCCO2)c2ccccc2c1=O. The number of nitrogens with one attached hydrogen (secondary N) is 2. The van der Waals surface area contributed by atoms with Crippen LogP contribution in [0.1, 0.15) is 26.7 Å². The molecule has 0 bridgehead atoms.